The van der Waals surface area contributed by atoms with Gasteiger partial charge in [-0.25, -0.2) is 9.36 Å². The molecule has 1 aromatic heterocycles. The second-order valence-corrected chi connectivity index (χ2v) is 6.43. The standard InChI is InChI=1S/C18H23N3O3/c1-13-8-6-7-11-15(13)17-20-24-18(23)21(17)12-16(22)19-14-9-4-2-3-5-10-14/h6-8,11,14H,2-5,9-10,12H2,1H3,(H,19,22). The number of hydrogen-bond acceptors (Lipinski definition) is 4. The predicted octanol–water partition coefficient (Wildman–Crippen LogP) is 2.65. The minimum absolute atomic E-state index is 0.0670. The van der Waals surface area contributed by atoms with Crippen molar-refractivity contribution in [2.45, 2.75) is 58.0 Å². The average Bonchev–Trinajstić information content (AvgIpc) is 2.76. The number of aromatic nitrogens is 2. The first-order valence-corrected chi connectivity index (χ1v) is 8.57. The highest BCUT2D eigenvalue weighted by molar-refractivity contribution is 5.76. The van der Waals surface area contributed by atoms with Crippen LogP contribution in [-0.2, 0) is 11.3 Å². The van der Waals surface area contributed by atoms with Gasteiger partial charge < -0.3 is 5.32 Å². The number of rotatable bonds is 4. The molecule has 6 nitrogen and oxygen atoms in total. The van der Waals surface area contributed by atoms with Crippen molar-refractivity contribution in [1.82, 2.24) is 15.0 Å². The average molecular weight is 329 g/mol. The van der Waals surface area contributed by atoms with Gasteiger partial charge in [0.1, 0.15) is 6.54 Å². The van der Waals surface area contributed by atoms with Gasteiger partial charge in [-0.15, -0.1) is 0 Å². The molecule has 1 amide bonds. The van der Waals surface area contributed by atoms with Crippen LogP contribution in [0.2, 0.25) is 0 Å². The summed E-state index contributed by atoms with van der Waals surface area (Å²) < 4.78 is 6.09. The Bertz CT molecular complexity index is 755. The molecule has 3 rings (SSSR count). The summed E-state index contributed by atoms with van der Waals surface area (Å²) in [5.41, 5.74) is 1.77. The number of hydrogen-bond donors (Lipinski definition) is 1. The lowest BCUT2D eigenvalue weighted by Gasteiger charge is -2.16. The van der Waals surface area contributed by atoms with E-state index in [1.807, 2.05) is 31.2 Å². The van der Waals surface area contributed by atoms with E-state index in [9.17, 15) is 9.59 Å². The Hall–Kier alpha value is -2.37. The summed E-state index contributed by atoms with van der Waals surface area (Å²) in [6, 6.07) is 7.80. The minimum atomic E-state index is -0.607. The third-order valence-electron chi connectivity index (χ3n) is 4.59. The topological polar surface area (TPSA) is 77.1 Å². The lowest BCUT2D eigenvalue weighted by Crippen LogP contribution is -2.38. The number of nitrogens with zero attached hydrogens (tertiary/aromatic N) is 2. The monoisotopic (exact) mass is 329 g/mol. The number of carbonyl (C=O) groups excluding carboxylic acids is 1. The zero-order chi connectivity index (χ0) is 16.9. The van der Waals surface area contributed by atoms with E-state index in [4.69, 9.17) is 4.52 Å². The third kappa shape index (κ3) is 3.75. The van der Waals surface area contributed by atoms with Crippen LogP contribution in [0.1, 0.15) is 44.1 Å². The zero-order valence-corrected chi connectivity index (χ0v) is 14.0. The normalized spacial score (nSPS) is 15.9. The Labute approximate surface area is 140 Å². The van der Waals surface area contributed by atoms with Crippen LogP contribution in [0.5, 0.6) is 0 Å². The van der Waals surface area contributed by atoms with Crippen LogP contribution < -0.4 is 11.1 Å². The summed E-state index contributed by atoms with van der Waals surface area (Å²) in [6.07, 6.45) is 6.77. The molecule has 0 aliphatic heterocycles. The minimum Gasteiger partial charge on any atom is -0.352 e. The van der Waals surface area contributed by atoms with Crippen LogP contribution in [0.15, 0.2) is 33.6 Å². The second-order valence-electron chi connectivity index (χ2n) is 6.43. The van der Waals surface area contributed by atoms with Gasteiger partial charge in [0, 0.05) is 11.6 Å². The first-order valence-electron chi connectivity index (χ1n) is 8.57. The number of aryl methyl sites for hydroxylation is 1. The maximum Gasteiger partial charge on any atom is 0.442 e. The number of benzene rings is 1. The summed E-state index contributed by atoms with van der Waals surface area (Å²) in [4.78, 5) is 24.3. The van der Waals surface area contributed by atoms with E-state index >= 15 is 0 Å². The first-order chi connectivity index (χ1) is 11.6. The van der Waals surface area contributed by atoms with Gasteiger partial charge in [0.05, 0.1) is 0 Å². The van der Waals surface area contributed by atoms with Crippen LogP contribution in [0.4, 0.5) is 0 Å². The van der Waals surface area contributed by atoms with Crippen LogP contribution in [0.25, 0.3) is 11.4 Å². The van der Waals surface area contributed by atoms with Gasteiger partial charge in [-0.3, -0.25) is 9.32 Å². The predicted molar refractivity (Wildman–Crippen MR) is 90.6 cm³/mol. The van der Waals surface area contributed by atoms with Crippen LogP contribution in [-0.4, -0.2) is 21.7 Å². The quantitative estimate of drug-likeness (QED) is 0.875. The van der Waals surface area contributed by atoms with Crippen molar-refractivity contribution >= 4 is 5.91 Å². The molecule has 0 unspecified atom stereocenters. The van der Waals surface area contributed by atoms with Crippen molar-refractivity contribution in [3.63, 3.8) is 0 Å². The maximum absolute atomic E-state index is 12.4. The summed E-state index contributed by atoms with van der Waals surface area (Å²) in [5.74, 6) is -0.375. The molecule has 1 aliphatic rings. The van der Waals surface area contributed by atoms with E-state index in [1.165, 1.54) is 17.4 Å². The van der Waals surface area contributed by atoms with Gasteiger partial charge in [-0.05, 0) is 25.3 Å². The van der Waals surface area contributed by atoms with Crippen molar-refractivity contribution < 1.29 is 9.32 Å². The highest BCUT2D eigenvalue weighted by atomic mass is 16.5. The molecular formula is C18H23N3O3. The number of carbonyl (C=O) groups is 1. The third-order valence-corrected chi connectivity index (χ3v) is 4.59. The molecule has 0 atom stereocenters. The van der Waals surface area contributed by atoms with Crippen molar-refractivity contribution in [2.24, 2.45) is 0 Å². The van der Waals surface area contributed by atoms with E-state index < -0.39 is 5.76 Å². The molecule has 1 aliphatic carbocycles. The molecule has 128 valence electrons. The van der Waals surface area contributed by atoms with Crippen LogP contribution in [0.3, 0.4) is 0 Å². The molecular weight excluding hydrogens is 306 g/mol. The Balaban J connectivity index is 1.75. The van der Waals surface area contributed by atoms with Crippen molar-refractivity contribution in [3.05, 3.63) is 40.4 Å². The summed E-state index contributed by atoms with van der Waals surface area (Å²) in [7, 11) is 0. The number of nitrogens with one attached hydrogen (secondary N) is 1. The summed E-state index contributed by atoms with van der Waals surface area (Å²) >= 11 is 0. The molecule has 6 heteroatoms. The Morgan fingerprint density at radius 1 is 1.25 bits per heavy atom. The zero-order valence-electron chi connectivity index (χ0n) is 14.0. The highest BCUT2D eigenvalue weighted by Gasteiger charge is 2.19. The Morgan fingerprint density at radius 2 is 1.96 bits per heavy atom. The van der Waals surface area contributed by atoms with Gasteiger partial charge >= 0.3 is 5.76 Å². The highest BCUT2D eigenvalue weighted by Crippen LogP contribution is 2.20. The van der Waals surface area contributed by atoms with E-state index in [-0.39, 0.29) is 18.5 Å². The molecule has 1 N–H and O–H groups in total. The first kappa shape index (κ1) is 16.5. The van der Waals surface area contributed by atoms with Crippen molar-refractivity contribution in [1.29, 1.82) is 0 Å². The lowest BCUT2D eigenvalue weighted by atomic mass is 10.1. The van der Waals surface area contributed by atoms with Gasteiger partial charge in [0.2, 0.25) is 5.91 Å². The lowest BCUT2D eigenvalue weighted by molar-refractivity contribution is -0.122. The molecule has 1 aromatic carbocycles. The number of amides is 1. The fraction of sp³-hybridized carbons (Fsp3) is 0.500. The second kappa shape index (κ2) is 7.47. The summed E-state index contributed by atoms with van der Waals surface area (Å²) in [6.45, 7) is 1.87. The van der Waals surface area contributed by atoms with Gasteiger partial charge in [-0.2, -0.15) is 0 Å². The molecule has 0 saturated heterocycles. The molecule has 24 heavy (non-hydrogen) atoms. The van der Waals surface area contributed by atoms with E-state index in [1.54, 1.807) is 0 Å². The molecule has 1 fully saturated rings. The van der Waals surface area contributed by atoms with E-state index in [2.05, 4.69) is 10.5 Å². The van der Waals surface area contributed by atoms with Gasteiger partial charge in [0.15, 0.2) is 5.82 Å². The van der Waals surface area contributed by atoms with E-state index in [0.29, 0.717) is 5.82 Å². The molecule has 0 spiro atoms. The van der Waals surface area contributed by atoms with Crippen LogP contribution in [0, 0.1) is 6.92 Å². The Morgan fingerprint density at radius 3 is 2.67 bits per heavy atom. The fourth-order valence-electron chi connectivity index (χ4n) is 3.27. The molecule has 0 radical (unpaired) electrons. The van der Waals surface area contributed by atoms with E-state index in [0.717, 1.165) is 36.8 Å². The molecule has 2 aromatic rings. The Kier molecular flexibility index (Phi) is 5.13. The molecule has 0 bridgehead atoms. The van der Waals surface area contributed by atoms with Crippen molar-refractivity contribution in [2.75, 3.05) is 0 Å². The van der Waals surface area contributed by atoms with Crippen LogP contribution >= 0.6 is 0 Å². The van der Waals surface area contributed by atoms with Gasteiger partial charge in [0.25, 0.3) is 0 Å². The molecule has 1 saturated carbocycles. The van der Waals surface area contributed by atoms with Crippen molar-refractivity contribution in [3.8, 4) is 11.4 Å². The maximum atomic E-state index is 12.4. The molecule has 1 heterocycles. The SMILES string of the molecule is Cc1ccccc1-c1noc(=O)n1CC(=O)NC1CCCCCC1. The smallest absolute Gasteiger partial charge is 0.352 e. The van der Waals surface area contributed by atoms with Gasteiger partial charge in [-0.1, -0.05) is 55.1 Å². The fourth-order valence-corrected chi connectivity index (χ4v) is 3.27. The summed E-state index contributed by atoms with van der Waals surface area (Å²) in [5, 5.41) is 6.91. The largest absolute Gasteiger partial charge is 0.442 e.